The van der Waals surface area contributed by atoms with E-state index in [1.807, 2.05) is 0 Å². The lowest BCUT2D eigenvalue weighted by atomic mass is 10.3. The molecule has 7 heteroatoms. The maximum Gasteiger partial charge on any atom is 0.334 e. The zero-order chi connectivity index (χ0) is 11.4. The van der Waals surface area contributed by atoms with E-state index in [-0.39, 0.29) is 6.54 Å². The number of carbonyl (C=O) groups is 2. The van der Waals surface area contributed by atoms with Crippen LogP contribution in [0, 0.1) is 0 Å². The molecule has 0 saturated heterocycles. The smallest absolute Gasteiger partial charge is 0.334 e. The number of carboxylic acid groups (broad SMARTS) is 1. The SMILES string of the molecule is O=C(NCC(O)C(=O)O)c1sccc1Br. The number of hydrogen-bond acceptors (Lipinski definition) is 4. The second-order valence-electron chi connectivity index (χ2n) is 2.66. The van der Waals surface area contributed by atoms with Crippen LogP contribution in [0.3, 0.4) is 0 Å². The summed E-state index contributed by atoms with van der Waals surface area (Å²) >= 11 is 4.40. The van der Waals surface area contributed by atoms with Gasteiger partial charge in [0, 0.05) is 4.47 Å². The molecule has 0 saturated carbocycles. The van der Waals surface area contributed by atoms with Gasteiger partial charge in [-0.1, -0.05) is 0 Å². The lowest BCUT2D eigenvalue weighted by Gasteiger charge is -2.06. The van der Waals surface area contributed by atoms with Gasteiger partial charge < -0.3 is 15.5 Å². The van der Waals surface area contributed by atoms with E-state index >= 15 is 0 Å². The number of aliphatic hydroxyl groups is 1. The molecule has 1 aromatic heterocycles. The van der Waals surface area contributed by atoms with Crippen LogP contribution in [0.25, 0.3) is 0 Å². The van der Waals surface area contributed by atoms with Crippen molar-refractivity contribution in [2.75, 3.05) is 6.54 Å². The van der Waals surface area contributed by atoms with Crippen molar-refractivity contribution in [3.8, 4) is 0 Å². The van der Waals surface area contributed by atoms with Gasteiger partial charge in [-0.3, -0.25) is 4.79 Å². The van der Waals surface area contributed by atoms with E-state index in [0.717, 1.165) is 0 Å². The van der Waals surface area contributed by atoms with Crippen LogP contribution in [-0.4, -0.2) is 34.7 Å². The maximum atomic E-state index is 11.4. The van der Waals surface area contributed by atoms with Crippen LogP contribution < -0.4 is 5.32 Å². The Morgan fingerprint density at radius 1 is 1.60 bits per heavy atom. The Hall–Kier alpha value is -0.920. The third kappa shape index (κ3) is 3.29. The third-order valence-electron chi connectivity index (χ3n) is 1.56. The van der Waals surface area contributed by atoms with Crippen molar-refractivity contribution in [2.24, 2.45) is 0 Å². The number of aliphatic hydroxyl groups excluding tert-OH is 1. The largest absolute Gasteiger partial charge is 0.479 e. The second-order valence-corrected chi connectivity index (χ2v) is 4.43. The number of nitrogens with one attached hydrogen (secondary N) is 1. The highest BCUT2D eigenvalue weighted by Gasteiger charge is 2.16. The van der Waals surface area contributed by atoms with Crippen LogP contribution in [0.15, 0.2) is 15.9 Å². The number of halogens is 1. The number of carbonyl (C=O) groups excluding carboxylic acids is 1. The highest BCUT2D eigenvalue weighted by atomic mass is 79.9. The van der Waals surface area contributed by atoms with Crippen molar-refractivity contribution in [2.45, 2.75) is 6.10 Å². The van der Waals surface area contributed by atoms with E-state index in [1.165, 1.54) is 11.3 Å². The number of thiophene rings is 1. The minimum atomic E-state index is -1.58. The van der Waals surface area contributed by atoms with Crippen LogP contribution in [0.4, 0.5) is 0 Å². The molecular weight excluding hydrogens is 286 g/mol. The summed E-state index contributed by atoms with van der Waals surface area (Å²) < 4.78 is 0.648. The third-order valence-corrected chi connectivity index (χ3v) is 3.40. The lowest BCUT2D eigenvalue weighted by Crippen LogP contribution is -2.36. The first-order chi connectivity index (χ1) is 7.02. The van der Waals surface area contributed by atoms with Crippen molar-refractivity contribution in [3.05, 3.63) is 20.8 Å². The van der Waals surface area contributed by atoms with Gasteiger partial charge in [-0.15, -0.1) is 11.3 Å². The van der Waals surface area contributed by atoms with E-state index in [9.17, 15) is 9.59 Å². The first-order valence-electron chi connectivity index (χ1n) is 3.94. The fourth-order valence-corrected chi connectivity index (χ4v) is 2.28. The fraction of sp³-hybridized carbons (Fsp3) is 0.250. The van der Waals surface area contributed by atoms with Crippen molar-refractivity contribution < 1.29 is 19.8 Å². The summed E-state index contributed by atoms with van der Waals surface area (Å²) in [5.74, 6) is -1.77. The molecule has 0 fully saturated rings. The fourth-order valence-electron chi connectivity index (χ4n) is 0.813. The molecule has 5 nitrogen and oxygen atoms in total. The Bertz CT molecular complexity index is 378. The highest BCUT2D eigenvalue weighted by Crippen LogP contribution is 2.22. The van der Waals surface area contributed by atoms with Crippen molar-refractivity contribution in [1.29, 1.82) is 0 Å². The van der Waals surface area contributed by atoms with E-state index in [2.05, 4.69) is 21.2 Å². The van der Waals surface area contributed by atoms with Gasteiger partial charge in [0.05, 0.1) is 6.54 Å². The quantitative estimate of drug-likeness (QED) is 0.762. The van der Waals surface area contributed by atoms with E-state index in [1.54, 1.807) is 11.4 Å². The molecule has 1 heterocycles. The first-order valence-corrected chi connectivity index (χ1v) is 5.61. The van der Waals surface area contributed by atoms with Crippen molar-refractivity contribution in [3.63, 3.8) is 0 Å². The van der Waals surface area contributed by atoms with Crippen molar-refractivity contribution >= 4 is 39.1 Å². The summed E-state index contributed by atoms with van der Waals surface area (Å²) in [6.07, 6.45) is -1.58. The predicted molar refractivity (Wildman–Crippen MR) is 58.0 cm³/mol. The lowest BCUT2D eigenvalue weighted by molar-refractivity contribution is -0.146. The van der Waals surface area contributed by atoms with Gasteiger partial charge in [0.1, 0.15) is 4.88 Å². The van der Waals surface area contributed by atoms with Gasteiger partial charge in [-0.2, -0.15) is 0 Å². The molecule has 0 aliphatic carbocycles. The van der Waals surface area contributed by atoms with Crippen LogP contribution in [-0.2, 0) is 4.79 Å². The summed E-state index contributed by atoms with van der Waals surface area (Å²) in [6, 6.07) is 1.72. The molecule has 0 aliphatic rings. The van der Waals surface area contributed by atoms with Crippen LogP contribution >= 0.6 is 27.3 Å². The minimum Gasteiger partial charge on any atom is -0.479 e. The predicted octanol–water partition coefficient (Wildman–Crippen LogP) is 0.686. The second kappa shape index (κ2) is 5.24. The van der Waals surface area contributed by atoms with Gasteiger partial charge in [0.15, 0.2) is 6.10 Å². The van der Waals surface area contributed by atoms with Gasteiger partial charge in [0.25, 0.3) is 5.91 Å². The molecule has 3 N–H and O–H groups in total. The Morgan fingerprint density at radius 3 is 2.73 bits per heavy atom. The molecular formula is C8H8BrNO4S. The molecule has 15 heavy (non-hydrogen) atoms. The average molecular weight is 294 g/mol. The topological polar surface area (TPSA) is 86.6 Å². The summed E-state index contributed by atoms with van der Waals surface area (Å²) in [7, 11) is 0. The normalized spacial score (nSPS) is 12.1. The van der Waals surface area contributed by atoms with Crippen molar-refractivity contribution in [1.82, 2.24) is 5.32 Å². The summed E-state index contributed by atoms with van der Waals surface area (Å²) in [4.78, 5) is 22.1. The molecule has 1 aromatic rings. The Labute approximate surface area is 97.9 Å². The van der Waals surface area contributed by atoms with Crippen LogP contribution in [0.5, 0.6) is 0 Å². The monoisotopic (exact) mass is 293 g/mol. The Morgan fingerprint density at radius 2 is 2.27 bits per heavy atom. The van der Waals surface area contributed by atoms with E-state index < -0.39 is 18.0 Å². The van der Waals surface area contributed by atoms with E-state index in [4.69, 9.17) is 10.2 Å². The Kier molecular flexibility index (Phi) is 4.25. The molecule has 0 spiro atoms. The zero-order valence-electron chi connectivity index (χ0n) is 7.44. The van der Waals surface area contributed by atoms with Crippen LogP contribution in [0.1, 0.15) is 9.67 Å². The van der Waals surface area contributed by atoms with Crippen LogP contribution in [0.2, 0.25) is 0 Å². The molecule has 0 aromatic carbocycles. The highest BCUT2D eigenvalue weighted by molar-refractivity contribution is 9.10. The molecule has 1 rings (SSSR count). The Balaban J connectivity index is 2.51. The number of rotatable bonds is 4. The standard InChI is InChI=1S/C8H8BrNO4S/c9-4-1-2-15-6(4)7(12)10-3-5(11)8(13)14/h1-2,5,11H,3H2,(H,10,12)(H,13,14). The zero-order valence-corrected chi connectivity index (χ0v) is 9.84. The molecule has 1 atom stereocenters. The number of amides is 1. The number of carboxylic acids is 1. The molecule has 0 radical (unpaired) electrons. The maximum absolute atomic E-state index is 11.4. The molecule has 0 bridgehead atoms. The van der Waals surface area contributed by atoms with Gasteiger partial charge in [-0.25, -0.2) is 4.79 Å². The van der Waals surface area contributed by atoms with Gasteiger partial charge >= 0.3 is 5.97 Å². The number of aliphatic carboxylic acids is 1. The molecule has 82 valence electrons. The van der Waals surface area contributed by atoms with Gasteiger partial charge in [0.2, 0.25) is 0 Å². The average Bonchev–Trinajstić information content (AvgIpc) is 2.60. The van der Waals surface area contributed by atoms with E-state index in [0.29, 0.717) is 9.35 Å². The number of hydrogen-bond donors (Lipinski definition) is 3. The molecule has 0 aliphatic heterocycles. The summed E-state index contributed by atoms with van der Waals surface area (Å²) in [5, 5.41) is 21.3. The van der Waals surface area contributed by atoms with Gasteiger partial charge in [-0.05, 0) is 27.4 Å². The molecule has 1 unspecified atom stereocenters. The minimum absolute atomic E-state index is 0.307. The molecule has 1 amide bonds. The summed E-state index contributed by atoms with van der Waals surface area (Å²) in [5.41, 5.74) is 0. The first kappa shape index (κ1) is 12.2. The summed E-state index contributed by atoms with van der Waals surface area (Å²) in [6.45, 7) is -0.307.